The Kier molecular flexibility index (Phi) is 7.62. The van der Waals surface area contributed by atoms with E-state index in [9.17, 15) is 18.8 Å². The number of rotatable bonds is 8. The number of nitrogens with one attached hydrogen (secondary N) is 2. The molecule has 2 N–H and O–H groups in total. The van der Waals surface area contributed by atoms with Crippen molar-refractivity contribution >= 4 is 17.8 Å². The molecule has 9 heteroatoms. The molecule has 1 aliphatic heterocycles. The van der Waals surface area contributed by atoms with E-state index in [1.165, 1.54) is 31.7 Å². The summed E-state index contributed by atoms with van der Waals surface area (Å²) in [5.41, 5.74) is 0.507. The molecule has 1 aliphatic carbocycles. The summed E-state index contributed by atoms with van der Waals surface area (Å²) in [7, 11) is 1.40. The van der Waals surface area contributed by atoms with E-state index in [1.807, 2.05) is 0 Å². The molecule has 0 spiro atoms. The third kappa shape index (κ3) is 5.83. The number of hydrogen-bond acceptors (Lipinski definition) is 6. The molecule has 4 rings (SSSR count). The van der Waals surface area contributed by atoms with Crippen LogP contribution in [0.5, 0.6) is 0 Å². The Bertz CT molecular complexity index is 1030. The van der Waals surface area contributed by atoms with E-state index in [-0.39, 0.29) is 12.2 Å². The number of ether oxygens (including phenoxy) is 2. The quantitative estimate of drug-likeness (QED) is 0.569. The van der Waals surface area contributed by atoms with Crippen molar-refractivity contribution in [1.82, 2.24) is 10.6 Å². The van der Waals surface area contributed by atoms with Gasteiger partial charge < -0.3 is 24.5 Å². The highest BCUT2D eigenvalue weighted by molar-refractivity contribution is 5.96. The minimum absolute atomic E-state index is 0.00349. The first-order chi connectivity index (χ1) is 16.4. The minimum Gasteiger partial charge on any atom is -0.451 e. The van der Waals surface area contributed by atoms with Gasteiger partial charge in [0.2, 0.25) is 12.2 Å². The maximum Gasteiger partial charge on any atom is 0.310 e. The van der Waals surface area contributed by atoms with Gasteiger partial charge >= 0.3 is 5.97 Å². The van der Waals surface area contributed by atoms with Gasteiger partial charge in [0.15, 0.2) is 5.76 Å². The highest BCUT2D eigenvalue weighted by Gasteiger charge is 2.38. The second-order valence-corrected chi connectivity index (χ2v) is 8.85. The van der Waals surface area contributed by atoms with Crippen LogP contribution in [0.25, 0.3) is 11.3 Å². The van der Waals surface area contributed by atoms with Crippen LogP contribution in [0.1, 0.15) is 55.5 Å². The van der Waals surface area contributed by atoms with Crippen molar-refractivity contribution in [3.05, 3.63) is 48.0 Å². The van der Waals surface area contributed by atoms with Crippen LogP contribution in [-0.4, -0.2) is 43.3 Å². The number of amides is 2. The fraction of sp³-hybridized carbons (Fsp3) is 0.480. The first-order valence-corrected chi connectivity index (χ1v) is 11.6. The summed E-state index contributed by atoms with van der Waals surface area (Å²) in [5, 5.41) is 5.59. The Labute approximate surface area is 197 Å². The molecule has 2 amide bonds. The van der Waals surface area contributed by atoms with Gasteiger partial charge in [0.05, 0.1) is 6.42 Å². The molecule has 1 saturated heterocycles. The molecule has 2 fully saturated rings. The molecular formula is C25H29FN2O6. The van der Waals surface area contributed by atoms with E-state index in [0.717, 1.165) is 25.7 Å². The fourth-order valence-corrected chi connectivity index (χ4v) is 4.62. The van der Waals surface area contributed by atoms with Crippen LogP contribution < -0.4 is 10.6 Å². The SMILES string of the molecule is COC1OC(=O)CC1NC(=O)[C@H](CC1CCCCC1)NC(=O)c1ccc(-c2cccc(F)c2)o1. The number of furan rings is 1. The van der Waals surface area contributed by atoms with Gasteiger partial charge in [0.1, 0.15) is 23.7 Å². The lowest BCUT2D eigenvalue weighted by Crippen LogP contribution is -2.52. The van der Waals surface area contributed by atoms with Crippen molar-refractivity contribution < 1.29 is 32.7 Å². The summed E-state index contributed by atoms with van der Waals surface area (Å²) in [4.78, 5) is 37.7. The summed E-state index contributed by atoms with van der Waals surface area (Å²) in [6.45, 7) is 0. The van der Waals surface area contributed by atoms with Gasteiger partial charge in [-0.05, 0) is 36.6 Å². The lowest BCUT2D eigenvalue weighted by molar-refractivity contribution is -0.160. The highest BCUT2D eigenvalue weighted by atomic mass is 19.1. The third-order valence-electron chi connectivity index (χ3n) is 6.38. The van der Waals surface area contributed by atoms with Gasteiger partial charge in [0, 0.05) is 12.7 Å². The molecule has 0 bridgehead atoms. The topological polar surface area (TPSA) is 107 Å². The average molecular weight is 473 g/mol. The summed E-state index contributed by atoms with van der Waals surface area (Å²) in [5.74, 6) is -1.12. The van der Waals surface area contributed by atoms with Crippen molar-refractivity contribution in [3.63, 3.8) is 0 Å². The smallest absolute Gasteiger partial charge is 0.310 e. The molecule has 2 heterocycles. The van der Waals surface area contributed by atoms with Gasteiger partial charge in [0.25, 0.3) is 5.91 Å². The monoisotopic (exact) mass is 472 g/mol. The van der Waals surface area contributed by atoms with Crippen LogP contribution in [0.4, 0.5) is 4.39 Å². The molecule has 2 unspecified atom stereocenters. The number of carbonyl (C=O) groups is 3. The Balaban J connectivity index is 1.46. The molecule has 2 aliphatic rings. The van der Waals surface area contributed by atoms with E-state index in [2.05, 4.69) is 10.6 Å². The van der Waals surface area contributed by atoms with Crippen LogP contribution in [0.15, 0.2) is 40.8 Å². The van der Waals surface area contributed by atoms with E-state index < -0.39 is 42.0 Å². The standard InChI is InChI=1S/C25H29FN2O6/c1-32-25-19(14-22(29)34-25)28-23(30)18(12-15-6-3-2-4-7-15)27-24(31)21-11-10-20(33-21)16-8-5-9-17(26)13-16/h5,8-11,13,15,18-19,25H,2-4,6-7,12,14H2,1H3,(H,27,31)(H,28,30)/t18-,19?,25?/m0/s1. The third-order valence-corrected chi connectivity index (χ3v) is 6.38. The average Bonchev–Trinajstić information content (AvgIpc) is 3.46. The number of halogens is 1. The van der Waals surface area contributed by atoms with Crippen LogP contribution in [-0.2, 0) is 19.1 Å². The molecule has 1 aromatic heterocycles. The second-order valence-electron chi connectivity index (χ2n) is 8.85. The molecule has 1 aromatic carbocycles. The minimum atomic E-state index is -0.860. The Morgan fingerprint density at radius 1 is 1.18 bits per heavy atom. The number of cyclic esters (lactones) is 1. The van der Waals surface area contributed by atoms with Crippen molar-refractivity contribution in [2.45, 2.75) is 63.3 Å². The Morgan fingerprint density at radius 3 is 2.71 bits per heavy atom. The van der Waals surface area contributed by atoms with Gasteiger partial charge in [-0.25, -0.2) is 4.39 Å². The lowest BCUT2D eigenvalue weighted by atomic mass is 9.84. The summed E-state index contributed by atoms with van der Waals surface area (Å²) in [6.07, 6.45) is 4.98. The molecule has 8 nitrogen and oxygen atoms in total. The van der Waals surface area contributed by atoms with E-state index >= 15 is 0 Å². The summed E-state index contributed by atoms with van der Waals surface area (Å²) in [6, 6.07) is 7.52. The second kappa shape index (κ2) is 10.8. The van der Waals surface area contributed by atoms with Gasteiger partial charge in [-0.1, -0.05) is 44.2 Å². The van der Waals surface area contributed by atoms with Crippen molar-refractivity contribution in [2.24, 2.45) is 5.92 Å². The van der Waals surface area contributed by atoms with Crippen LogP contribution in [0.2, 0.25) is 0 Å². The maximum atomic E-state index is 13.5. The fourth-order valence-electron chi connectivity index (χ4n) is 4.62. The number of esters is 1. The molecule has 0 radical (unpaired) electrons. The Hall–Kier alpha value is -3.20. The van der Waals surface area contributed by atoms with Crippen LogP contribution >= 0.6 is 0 Å². The van der Waals surface area contributed by atoms with Crippen LogP contribution in [0, 0.1) is 11.7 Å². The summed E-state index contributed by atoms with van der Waals surface area (Å²) < 4.78 is 29.4. The number of benzene rings is 1. The Morgan fingerprint density at radius 2 is 1.97 bits per heavy atom. The number of hydrogen-bond donors (Lipinski definition) is 2. The first-order valence-electron chi connectivity index (χ1n) is 11.6. The summed E-state index contributed by atoms with van der Waals surface area (Å²) >= 11 is 0. The van der Waals surface area contributed by atoms with Gasteiger partial charge in [-0.3, -0.25) is 14.4 Å². The normalized spacial score (nSPS) is 21.6. The predicted molar refractivity (Wildman–Crippen MR) is 120 cm³/mol. The molecule has 1 saturated carbocycles. The largest absolute Gasteiger partial charge is 0.451 e. The van der Waals surface area contributed by atoms with Crippen LogP contribution in [0.3, 0.4) is 0 Å². The predicted octanol–water partition coefficient (Wildman–Crippen LogP) is 3.56. The zero-order valence-corrected chi connectivity index (χ0v) is 19.1. The molecule has 34 heavy (non-hydrogen) atoms. The number of methoxy groups -OCH3 is 1. The zero-order valence-electron chi connectivity index (χ0n) is 19.1. The highest BCUT2D eigenvalue weighted by Crippen LogP contribution is 2.28. The molecule has 2 aromatic rings. The van der Waals surface area contributed by atoms with Crippen molar-refractivity contribution in [3.8, 4) is 11.3 Å². The zero-order chi connectivity index (χ0) is 24.1. The van der Waals surface area contributed by atoms with E-state index in [1.54, 1.807) is 18.2 Å². The van der Waals surface area contributed by atoms with Crippen molar-refractivity contribution in [2.75, 3.05) is 7.11 Å². The van der Waals surface area contributed by atoms with E-state index in [4.69, 9.17) is 13.9 Å². The van der Waals surface area contributed by atoms with Gasteiger partial charge in [-0.2, -0.15) is 0 Å². The van der Waals surface area contributed by atoms with Gasteiger partial charge in [-0.15, -0.1) is 0 Å². The molecular weight excluding hydrogens is 443 g/mol. The maximum absolute atomic E-state index is 13.5. The first kappa shape index (κ1) is 23.9. The van der Waals surface area contributed by atoms with Crippen molar-refractivity contribution in [1.29, 1.82) is 0 Å². The molecule has 182 valence electrons. The lowest BCUT2D eigenvalue weighted by Gasteiger charge is -2.27. The number of carbonyl (C=O) groups excluding carboxylic acids is 3. The molecule has 3 atom stereocenters. The van der Waals surface area contributed by atoms with E-state index in [0.29, 0.717) is 23.7 Å².